The van der Waals surface area contributed by atoms with Gasteiger partial charge in [-0.05, 0) is 67.5 Å². The number of hydrogen-bond donors (Lipinski definition) is 2. The van der Waals surface area contributed by atoms with Crippen LogP contribution in [0.15, 0.2) is 18.2 Å². The monoisotopic (exact) mass is 375 g/mol. The minimum absolute atomic E-state index is 0.0404. The molecule has 1 aromatic rings. The molecule has 104 valence electrons. The summed E-state index contributed by atoms with van der Waals surface area (Å²) in [6.45, 7) is 5.64. The van der Waals surface area contributed by atoms with Gasteiger partial charge in [0.1, 0.15) is 0 Å². The van der Waals surface area contributed by atoms with Gasteiger partial charge in [0, 0.05) is 21.1 Å². The second-order valence-corrected chi connectivity index (χ2v) is 6.36. The number of carbonyl (C=O) groups excluding carboxylic acids is 1. The second kappa shape index (κ2) is 6.36. The van der Waals surface area contributed by atoms with Gasteiger partial charge in [-0.15, -0.1) is 0 Å². The summed E-state index contributed by atoms with van der Waals surface area (Å²) in [7, 11) is 0. The first kappa shape index (κ1) is 15.9. The van der Waals surface area contributed by atoms with E-state index in [9.17, 15) is 9.59 Å². The van der Waals surface area contributed by atoms with Crippen LogP contribution in [0, 0.1) is 10.5 Å². The first-order chi connectivity index (χ1) is 8.71. The van der Waals surface area contributed by atoms with Crippen molar-refractivity contribution in [2.45, 2.75) is 39.2 Å². The molecular formula is C14H18INO3. The van der Waals surface area contributed by atoms with E-state index < -0.39 is 11.5 Å². The van der Waals surface area contributed by atoms with Crippen molar-refractivity contribution in [3.8, 4) is 0 Å². The van der Waals surface area contributed by atoms with Gasteiger partial charge in [-0.2, -0.15) is 0 Å². The molecule has 5 heteroatoms. The van der Waals surface area contributed by atoms with E-state index in [1.807, 2.05) is 32.9 Å². The molecule has 0 aliphatic heterocycles. The fraction of sp³-hybridized carbons (Fsp3) is 0.429. The standard InChI is InChI=1S/C14H18INO3/c1-9-4-5-10(8-11(9)15)13(19)16-14(2,3)7-6-12(17)18/h4-5,8H,6-7H2,1-3H3,(H,16,19)(H,17,18). The van der Waals surface area contributed by atoms with Crippen molar-refractivity contribution in [3.63, 3.8) is 0 Å². The van der Waals surface area contributed by atoms with Crippen LogP contribution in [-0.2, 0) is 4.79 Å². The Morgan fingerprint density at radius 2 is 2.00 bits per heavy atom. The van der Waals surface area contributed by atoms with Crippen molar-refractivity contribution in [1.82, 2.24) is 5.32 Å². The number of nitrogens with one attached hydrogen (secondary N) is 1. The molecule has 0 heterocycles. The Morgan fingerprint density at radius 1 is 1.37 bits per heavy atom. The Morgan fingerprint density at radius 3 is 2.53 bits per heavy atom. The van der Waals surface area contributed by atoms with Crippen LogP contribution in [0.5, 0.6) is 0 Å². The molecule has 4 nitrogen and oxygen atoms in total. The van der Waals surface area contributed by atoms with Gasteiger partial charge in [0.2, 0.25) is 0 Å². The summed E-state index contributed by atoms with van der Waals surface area (Å²) >= 11 is 2.19. The Kier molecular flexibility index (Phi) is 5.34. The number of carboxylic acids is 1. The van der Waals surface area contributed by atoms with E-state index in [1.54, 1.807) is 6.07 Å². The minimum Gasteiger partial charge on any atom is -0.481 e. The fourth-order valence-corrected chi connectivity index (χ4v) is 2.11. The molecule has 0 aliphatic rings. The number of benzene rings is 1. The largest absolute Gasteiger partial charge is 0.481 e. The molecule has 0 aromatic heterocycles. The van der Waals surface area contributed by atoms with Crippen LogP contribution in [0.2, 0.25) is 0 Å². The molecule has 0 saturated heterocycles. The van der Waals surface area contributed by atoms with Gasteiger partial charge < -0.3 is 10.4 Å². The predicted molar refractivity (Wildman–Crippen MR) is 82.3 cm³/mol. The molecule has 0 spiro atoms. The van der Waals surface area contributed by atoms with Crippen molar-refractivity contribution < 1.29 is 14.7 Å². The van der Waals surface area contributed by atoms with E-state index in [-0.39, 0.29) is 12.3 Å². The Labute approximate surface area is 126 Å². The van der Waals surface area contributed by atoms with Crippen LogP contribution in [0.3, 0.4) is 0 Å². The van der Waals surface area contributed by atoms with Crippen LogP contribution >= 0.6 is 22.6 Å². The molecule has 1 amide bonds. The van der Waals surface area contributed by atoms with Crippen molar-refractivity contribution in [3.05, 3.63) is 32.9 Å². The third-order valence-corrected chi connectivity index (χ3v) is 4.01. The molecule has 0 bridgehead atoms. The molecule has 0 unspecified atom stereocenters. The normalized spacial score (nSPS) is 11.2. The molecule has 2 N–H and O–H groups in total. The minimum atomic E-state index is -0.854. The molecule has 0 aliphatic carbocycles. The maximum atomic E-state index is 12.1. The summed E-state index contributed by atoms with van der Waals surface area (Å²) in [5.74, 6) is -1.03. The Balaban J connectivity index is 2.72. The molecule has 0 fully saturated rings. The smallest absolute Gasteiger partial charge is 0.303 e. The average molecular weight is 375 g/mol. The number of carboxylic acid groups (broad SMARTS) is 1. The van der Waals surface area contributed by atoms with Crippen LogP contribution < -0.4 is 5.32 Å². The first-order valence-corrected chi connectivity index (χ1v) is 7.09. The molecule has 1 rings (SSSR count). The maximum absolute atomic E-state index is 12.1. The van der Waals surface area contributed by atoms with Crippen molar-refractivity contribution >= 4 is 34.5 Å². The number of carbonyl (C=O) groups is 2. The first-order valence-electron chi connectivity index (χ1n) is 6.02. The van der Waals surface area contributed by atoms with E-state index in [0.717, 1.165) is 9.13 Å². The number of halogens is 1. The number of amides is 1. The van der Waals surface area contributed by atoms with Crippen molar-refractivity contribution in [2.24, 2.45) is 0 Å². The highest BCUT2D eigenvalue weighted by Gasteiger charge is 2.22. The summed E-state index contributed by atoms with van der Waals surface area (Å²) < 4.78 is 1.04. The number of aliphatic carboxylic acids is 1. The van der Waals surface area contributed by atoms with Crippen LogP contribution in [0.1, 0.15) is 42.6 Å². The van der Waals surface area contributed by atoms with E-state index >= 15 is 0 Å². The van der Waals surface area contributed by atoms with Gasteiger partial charge in [-0.1, -0.05) is 6.07 Å². The van der Waals surface area contributed by atoms with Crippen molar-refractivity contribution in [1.29, 1.82) is 0 Å². The number of aryl methyl sites for hydroxylation is 1. The lowest BCUT2D eigenvalue weighted by Crippen LogP contribution is -2.43. The summed E-state index contributed by atoms with van der Waals surface area (Å²) in [4.78, 5) is 22.7. The van der Waals surface area contributed by atoms with E-state index in [4.69, 9.17) is 5.11 Å². The van der Waals surface area contributed by atoms with Crippen LogP contribution in [0.4, 0.5) is 0 Å². The number of hydrogen-bond acceptors (Lipinski definition) is 2. The average Bonchev–Trinajstić information content (AvgIpc) is 2.29. The Hall–Kier alpha value is -1.11. The maximum Gasteiger partial charge on any atom is 0.303 e. The lowest BCUT2D eigenvalue weighted by atomic mass is 9.97. The van der Waals surface area contributed by atoms with Gasteiger partial charge in [0.05, 0.1) is 0 Å². The van der Waals surface area contributed by atoms with E-state index in [2.05, 4.69) is 27.9 Å². The van der Waals surface area contributed by atoms with Gasteiger partial charge in [-0.25, -0.2) is 0 Å². The second-order valence-electron chi connectivity index (χ2n) is 5.20. The molecule has 19 heavy (non-hydrogen) atoms. The summed E-state index contributed by atoms with van der Waals surface area (Å²) in [5, 5.41) is 11.6. The zero-order valence-electron chi connectivity index (χ0n) is 11.3. The summed E-state index contributed by atoms with van der Waals surface area (Å²) in [5.41, 5.74) is 1.19. The highest BCUT2D eigenvalue weighted by molar-refractivity contribution is 14.1. The molecular weight excluding hydrogens is 357 g/mol. The zero-order chi connectivity index (χ0) is 14.6. The van der Waals surface area contributed by atoms with Gasteiger partial charge >= 0.3 is 5.97 Å². The van der Waals surface area contributed by atoms with Gasteiger partial charge in [-0.3, -0.25) is 9.59 Å². The summed E-state index contributed by atoms with van der Waals surface area (Å²) in [6, 6.07) is 5.51. The summed E-state index contributed by atoms with van der Waals surface area (Å²) in [6.07, 6.45) is 0.440. The number of rotatable bonds is 5. The predicted octanol–water partition coefficient (Wildman–Crippen LogP) is 2.97. The highest BCUT2D eigenvalue weighted by atomic mass is 127. The lowest BCUT2D eigenvalue weighted by molar-refractivity contribution is -0.137. The third-order valence-electron chi connectivity index (χ3n) is 2.85. The quantitative estimate of drug-likeness (QED) is 0.778. The Bertz CT molecular complexity index is 497. The topological polar surface area (TPSA) is 66.4 Å². The molecule has 0 atom stereocenters. The SMILES string of the molecule is Cc1ccc(C(=O)NC(C)(C)CCC(=O)O)cc1I. The van der Waals surface area contributed by atoms with Crippen LogP contribution in [-0.4, -0.2) is 22.5 Å². The fourth-order valence-electron chi connectivity index (χ4n) is 1.60. The lowest BCUT2D eigenvalue weighted by Gasteiger charge is -2.25. The van der Waals surface area contributed by atoms with E-state index in [0.29, 0.717) is 12.0 Å². The third kappa shape index (κ3) is 5.18. The molecule has 0 saturated carbocycles. The molecule has 0 radical (unpaired) electrons. The van der Waals surface area contributed by atoms with E-state index in [1.165, 1.54) is 0 Å². The van der Waals surface area contributed by atoms with Gasteiger partial charge in [0.25, 0.3) is 5.91 Å². The highest BCUT2D eigenvalue weighted by Crippen LogP contribution is 2.16. The van der Waals surface area contributed by atoms with Crippen LogP contribution in [0.25, 0.3) is 0 Å². The molecule has 1 aromatic carbocycles. The zero-order valence-corrected chi connectivity index (χ0v) is 13.4. The van der Waals surface area contributed by atoms with Gasteiger partial charge in [0.15, 0.2) is 0 Å². The van der Waals surface area contributed by atoms with Crippen molar-refractivity contribution in [2.75, 3.05) is 0 Å².